The van der Waals surface area contributed by atoms with Gasteiger partial charge in [0.25, 0.3) is 0 Å². The first kappa shape index (κ1) is 13.5. The van der Waals surface area contributed by atoms with Crippen molar-refractivity contribution in [3.8, 4) is 0 Å². The average Bonchev–Trinajstić information content (AvgIpc) is 2.42. The van der Waals surface area contributed by atoms with E-state index in [0.717, 1.165) is 32.1 Å². The van der Waals surface area contributed by atoms with Gasteiger partial charge in [-0.2, -0.15) is 0 Å². The maximum atomic E-state index is 11.8. The van der Waals surface area contributed by atoms with Gasteiger partial charge in [-0.1, -0.05) is 33.1 Å². The van der Waals surface area contributed by atoms with Gasteiger partial charge in [-0.05, 0) is 25.2 Å². The van der Waals surface area contributed by atoms with Crippen LogP contribution in [0.4, 0.5) is 0 Å². The first-order valence-electron chi connectivity index (χ1n) is 6.53. The largest absolute Gasteiger partial charge is 0.465 e. The summed E-state index contributed by atoms with van der Waals surface area (Å²) < 4.78 is 5.30. The van der Waals surface area contributed by atoms with E-state index in [1.54, 1.807) is 0 Å². The van der Waals surface area contributed by atoms with Gasteiger partial charge in [-0.15, -0.1) is 0 Å². The number of nitrogens with two attached hydrogens (primary N) is 1. The zero-order valence-corrected chi connectivity index (χ0v) is 10.6. The molecule has 0 aliphatic heterocycles. The summed E-state index contributed by atoms with van der Waals surface area (Å²) in [7, 11) is 0. The second-order valence-corrected chi connectivity index (χ2v) is 5.26. The molecule has 0 aromatic carbocycles. The lowest BCUT2D eigenvalue weighted by Gasteiger charge is -2.19. The Hall–Kier alpha value is -0.570. The van der Waals surface area contributed by atoms with Crippen molar-refractivity contribution >= 4 is 5.97 Å². The van der Waals surface area contributed by atoms with Gasteiger partial charge < -0.3 is 10.5 Å². The lowest BCUT2D eigenvalue weighted by molar-refractivity contribution is -0.149. The van der Waals surface area contributed by atoms with Gasteiger partial charge in [0.15, 0.2) is 0 Å². The molecule has 2 unspecified atom stereocenters. The molecular weight excluding hydrogens is 202 g/mol. The number of carbonyl (C=O) groups excluding carboxylic acids is 1. The monoisotopic (exact) mass is 227 g/mol. The molecule has 1 fully saturated rings. The van der Waals surface area contributed by atoms with Crippen molar-refractivity contribution in [3.05, 3.63) is 0 Å². The number of carbonyl (C=O) groups is 1. The summed E-state index contributed by atoms with van der Waals surface area (Å²) in [6.07, 6.45) is 6.26. The van der Waals surface area contributed by atoms with Crippen LogP contribution in [0.25, 0.3) is 0 Å². The topological polar surface area (TPSA) is 52.3 Å². The quantitative estimate of drug-likeness (QED) is 0.593. The molecule has 1 aliphatic rings. The highest BCUT2D eigenvalue weighted by Crippen LogP contribution is 2.23. The van der Waals surface area contributed by atoms with E-state index in [2.05, 4.69) is 13.8 Å². The highest BCUT2D eigenvalue weighted by Gasteiger charge is 2.28. The molecule has 0 saturated heterocycles. The second kappa shape index (κ2) is 6.89. The maximum absolute atomic E-state index is 11.8. The van der Waals surface area contributed by atoms with E-state index in [1.165, 1.54) is 6.42 Å². The first-order chi connectivity index (χ1) is 7.61. The van der Waals surface area contributed by atoms with Gasteiger partial charge in [0.1, 0.15) is 0 Å². The van der Waals surface area contributed by atoms with E-state index in [9.17, 15) is 4.79 Å². The summed E-state index contributed by atoms with van der Waals surface area (Å²) in [5, 5.41) is 0. The van der Waals surface area contributed by atoms with Crippen molar-refractivity contribution in [1.82, 2.24) is 0 Å². The van der Waals surface area contributed by atoms with E-state index in [1.807, 2.05) is 0 Å². The van der Waals surface area contributed by atoms with Crippen LogP contribution < -0.4 is 5.73 Å². The summed E-state index contributed by atoms with van der Waals surface area (Å²) in [4.78, 5) is 11.8. The van der Waals surface area contributed by atoms with Gasteiger partial charge in [-0.3, -0.25) is 4.79 Å². The fourth-order valence-electron chi connectivity index (χ4n) is 2.13. The summed E-state index contributed by atoms with van der Waals surface area (Å²) in [5.74, 6) is 0.445. The molecule has 0 spiro atoms. The molecule has 1 saturated carbocycles. The van der Waals surface area contributed by atoms with Crippen molar-refractivity contribution in [2.24, 2.45) is 17.6 Å². The predicted molar refractivity (Wildman–Crippen MR) is 65.0 cm³/mol. The summed E-state index contributed by atoms with van der Waals surface area (Å²) in [5.41, 5.74) is 6.01. The molecule has 2 atom stereocenters. The van der Waals surface area contributed by atoms with Crippen molar-refractivity contribution < 1.29 is 9.53 Å². The Balaban J connectivity index is 2.33. The SMILES string of the molecule is CC(C)CCOC(=O)C1CCCCCC1N. The van der Waals surface area contributed by atoms with Gasteiger partial charge >= 0.3 is 5.97 Å². The van der Waals surface area contributed by atoms with E-state index in [-0.39, 0.29) is 17.9 Å². The fraction of sp³-hybridized carbons (Fsp3) is 0.923. The Labute approximate surface area is 98.7 Å². The lowest BCUT2D eigenvalue weighted by Crippen LogP contribution is -2.35. The molecule has 0 amide bonds. The minimum Gasteiger partial charge on any atom is -0.465 e. The fourth-order valence-corrected chi connectivity index (χ4v) is 2.13. The lowest BCUT2D eigenvalue weighted by atomic mass is 9.96. The Morgan fingerprint density at radius 2 is 2.00 bits per heavy atom. The first-order valence-corrected chi connectivity index (χ1v) is 6.53. The molecule has 0 radical (unpaired) electrons. The molecule has 0 heterocycles. The van der Waals surface area contributed by atoms with Crippen molar-refractivity contribution in [2.45, 2.75) is 58.4 Å². The Morgan fingerprint density at radius 3 is 2.69 bits per heavy atom. The third-order valence-corrected chi connectivity index (χ3v) is 3.31. The number of rotatable bonds is 4. The molecule has 0 aromatic rings. The third kappa shape index (κ3) is 4.52. The molecule has 3 heteroatoms. The molecule has 2 N–H and O–H groups in total. The minimum absolute atomic E-state index is 0.00838. The molecule has 16 heavy (non-hydrogen) atoms. The molecule has 94 valence electrons. The van der Waals surface area contributed by atoms with Crippen LogP contribution in [0.15, 0.2) is 0 Å². The molecule has 1 aliphatic carbocycles. The normalized spacial score (nSPS) is 26.5. The molecular formula is C13H25NO2. The van der Waals surface area contributed by atoms with Crippen LogP contribution >= 0.6 is 0 Å². The smallest absolute Gasteiger partial charge is 0.310 e. The Morgan fingerprint density at radius 1 is 1.31 bits per heavy atom. The zero-order chi connectivity index (χ0) is 12.0. The van der Waals surface area contributed by atoms with Crippen molar-refractivity contribution in [3.63, 3.8) is 0 Å². The highest BCUT2D eigenvalue weighted by molar-refractivity contribution is 5.73. The number of esters is 1. The molecule has 3 nitrogen and oxygen atoms in total. The Bertz CT molecular complexity index is 216. The van der Waals surface area contributed by atoms with Crippen LogP contribution in [0.1, 0.15) is 52.4 Å². The molecule has 0 aromatic heterocycles. The van der Waals surface area contributed by atoms with E-state index >= 15 is 0 Å². The van der Waals surface area contributed by atoms with Gasteiger partial charge in [0, 0.05) is 6.04 Å². The average molecular weight is 227 g/mol. The van der Waals surface area contributed by atoms with Crippen LogP contribution in [0.3, 0.4) is 0 Å². The molecule has 1 rings (SSSR count). The summed E-state index contributed by atoms with van der Waals surface area (Å²) in [6, 6.07) is 0.00838. The van der Waals surface area contributed by atoms with Crippen LogP contribution in [0, 0.1) is 11.8 Å². The zero-order valence-electron chi connectivity index (χ0n) is 10.6. The standard InChI is InChI=1S/C13H25NO2/c1-10(2)8-9-16-13(15)11-6-4-3-5-7-12(11)14/h10-12H,3-9,14H2,1-2H3. The van der Waals surface area contributed by atoms with Gasteiger partial charge in [0.2, 0.25) is 0 Å². The maximum Gasteiger partial charge on any atom is 0.310 e. The van der Waals surface area contributed by atoms with E-state index in [0.29, 0.717) is 12.5 Å². The van der Waals surface area contributed by atoms with E-state index in [4.69, 9.17) is 10.5 Å². The summed E-state index contributed by atoms with van der Waals surface area (Å²) in [6.45, 7) is 4.80. The van der Waals surface area contributed by atoms with Crippen molar-refractivity contribution in [1.29, 1.82) is 0 Å². The minimum atomic E-state index is -0.0740. The van der Waals surface area contributed by atoms with E-state index < -0.39 is 0 Å². The van der Waals surface area contributed by atoms with Gasteiger partial charge in [0.05, 0.1) is 12.5 Å². The van der Waals surface area contributed by atoms with Crippen LogP contribution in [0.5, 0.6) is 0 Å². The third-order valence-electron chi connectivity index (χ3n) is 3.31. The van der Waals surface area contributed by atoms with Gasteiger partial charge in [-0.25, -0.2) is 0 Å². The summed E-state index contributed by atoms with van der Waals surface area (Å²) >= 11 is 0. The molecule has 0 bridgehead atoms. The predicted octanol–water partition coefficient (Wildman–Crippen LogP) is 2.48. The van der Waals surface area contributed by atoms with Crippen LogP contribution in [-0.2, 0) is 9.53 Å². The highest BCUT2D eigenvalue weighted by atomic mass is 16.5. The van der Waals surface area contributed by atoms with Crippen molar-refractivity contribution in [2.75, 3.05) is 6.61 Å². The Kier molecular flexibility index (Phi) is 5.81. The second-order valence-electron chi connectivity index (χ2n) is 5.26. The number of ether oxygens (including phenoxy) is 1. The van der Waals surface area contributed by atoms with Crippen LogP contribution in [-0.4, -0.2) is 18.6 Å². The van der Waals surface area contributed by atoms with Crippen LogP contribution in [0.2, 0.25) is 0 Å². The number of hydrogen-bond donors (Lipinski definition) is 1. The number of hydrogen-bond acceptors (Lipinski definition) is 3.